The van der Waals surface area contributed by atoms with Crippen molar-refractivity contribution in [3.8, 4) is 0 Å². The molecular weight excluding hydrogens is 232 g/mol. The number of ether oxygens (including phenoxy) is 2. The van der Waals surface area contributed by atoms with Gasteiger partial charge in [0.15, 0.2) is 0 Å². The number of hydrogen-bond donors (Lipinski definition) is 1. The number of nitrogens with zero attached hydrogens (tertiary/aromatic N) is 1. The number of rotatable bonds is 8. The van der Waals surface area contributed by atoms with E-state index in [1.807, 2.05) is 6.92 Å². The average molecular weight is 258 g/mol. The third kappa shape index (κ3) is 6.33. The predicted octanol–water partition coefficient (Wildman–Crippen LogP) is 0.640. The van der Waals surface area contributed by atoms with E-state index in [2.05, 4.69) is 17.1 Å². The topological polar surface area (TPSA) is 50.8 Å². The maximum absolute atomic E-state index is 11.1. The first kappa shape index (κ1) is 15.4. The Bertz CT molecular complexity index is 236. The van der Waals surface area contributed by atoms with Crippen molar-refractivity contribution in [3.05, 3.63) is 0 Å². The van der Waals surface area contributed by atoms with Crippen LogP contribution in [0.5, 0.6) is 0 Å². The second-order valence-corrected chi connectivity index (χ2v) is 4.50. The fourth-order valence-corrected chi connectivity index (χ4v) is 2.05. The van der Waals surface area contributed by atoms with Crippen LogP contribution in [0.25, 0.3) is 0 Å². The highest BCUT2D eigenvalue weighted by molar-refractivity contribution is 5.69. The minimum absolute atomic E-state index is 0.106. The molecule has 0 aromatic carbocycles. The van der Waals surface area contributed by atoms with Gasteiger partial charge in [0.25, 0.3) is 0 Å². The van der Waals surface area contributed by atoms with Gasteiger partial charge in [0, 0.05) is 26.1 Å². The minimum atomic E-state index is -0.106. The lowest BCUT2D eigenvalue weighted by Crippen LogP contribution is -2.46. The maximum Gasteiger partial charge on any atom is 0.305 e. The molecule has 106 valence electrons. The molecule has 0 saturated carbocycles. The van der Waals surface area contributed by atoms with Crippen LogP contribution in [-0.2, 0) is 14.3 Å². The van der Waals surface area contributed by atoms with Crippen molar-refractivity contribution in [1.82, 2.24) is 10.2 Å². The smallest absolute Gasteiger partial charge is 0.305 e. The Labute approximate surface area is 110 Å². The maximum atomic E-state index is 11.1. The Hall–Kier alpha value is -0.650. The van der Waals surface area contributed by atoms with Gasteiger partial charge in [-0.15, -0.1) is 0 Å². The van der Waals surface area contributed by atoms with Crippen molar-refractivity contribution < 1.29 is 14.3 Å². The molecule has 5 nitrogen and oxygen atoms in total. The molecular formula is C13H26N2O3. The van der Waals surface area contributed by atoms with Crippen molar-refractivity contribution in [2.75, 3.05) is 45.9 Å². The molecule has 0 aromatic heterocycles. The van der Waals surface area contributed by atoms with Crippen molar-refractivity contribution in [2.24, 2.45) is 0 Å². The van der Waals surface area contributed by atoms with Crippen LogP contribution in [0.4, 0.5) is 0 Å². The molecule has 1 atom stereocenters. The molecule has 0 aliphatic carbocycles. The molecule has 1 unspecified atom stereocenters. The number of morpholine rings is 1. The van der Waals surface area contributed by atoms with Crippen molar-refractivity contribution in [1.29, 1.82) is 0 Å². The fraction of sp³-hybridized carbons (Fsp3) is 0.923. The third-order valence-corrected chi connectivity index (χ3v) is 3.08. The molecule has 1 heterocycles. The van der Waals surface area contributed by atoms with Crippen LogP contribution < -0.4 is 5.32 Å². The van der Waals surface area contributed by atoms with E-state index in [-0.39, 0.29) is 12.1 Å². The van der Waals surface area contributed by atoms with Crippen LogP contribution >= 0.6 is 0 Å². The lowest BCUT2D eigenvalue weighted by atomic mass is 10.2. The first-order chi connectivity index (χ1) is 8.76. The number of esters is 1. The van der Waals surface area contributed by atoms with Gasteiger partial charge in [-0.25, -0.2) is 0 Å². The SMILES string of the molecule is CCOC(=O)CCCNCC1CN(CC)CCO1. The highest BCUT2D eigenvalue weighted by Crippen LogP contribution is 2.03. The molecule has 5 heteroatoms. The summed E-state index contributed by atoms with van der Waals surface area (Å²) >= 11 is 0. The van der Waals surface area contributed by atoms with Gasteiger partial charge in [0.2, 0.25) is 0 Å². The van der Waals surface area contributed by atoms with Crippen molar-refractivity contribution >= 4 is 5.97 Å². The van der Waals surface area contributed by atoms with Gasteiger partial charge < -0.3 is 14.8 Å². The third-order valence-electron chi connectivity index (χ3n) is 3.08. The Morgan fingerprint density at radius 1 is 1.50 bits per heavy atom. The van der Waals surface area contributed by atoms with Crippen LogP contribution in [0.15, 0.2) is 0 Å². The highest BCUT2D eigenvalue weighted by Gasteiger charge is 2.18. The molecule has 1 aliphatic heterocycles. The molecule has 0 bridgehead atoms. The van der Waals surface area contributed by atoms with E-state index < -0.39 is 0 Å². The van der Waals surface area contributed by atoms with Crippen LogP contribution in [0.1, 0.15) is 26.7 Å². The molecule has 0 spiro atoms. The number of hydrogen-bond acceptors (Lipinski definition) is 5. The second-order valence-electron chi connectivity index (χ2n) is 4.50. The van der Waals surface area contributed by atoms with E-state index >= 15 is 0 Å². The Balaban J connectivity index is 1.98. The van der Waals surface area contributed by atoms with Gasteiger partial charge in [-0.05, 0) is 26.4 Å². The van der Waals surface area contributed by atoms with Gasteiger partial charge in [-0.3, -0.25) is 9.69 Å². The first-order valence-electron chi connectivity index (χ1n) is 6.96. The van der Waals surface area contributed by atoms with Crippen LogP contribution in [0.3, 0.4) is 0 Å². The van der Waals surface area contributed by atoms with Gasteiger partial charge in [-0.2, -0.15) is 0 Å². The Morgan fingerprint density at radius 3 is 3.06 bits per heavy atom. The highest BCUT2D eigenvalue weighted by atomic mass is 16.5. The zero-order valence-electron chi connectivity index (χ0n) is 11.6. The molecule has 1 fully saturated rings. The summed E-state index contributed by atoms with van der Waals surface area (Å²) in [5.41, 5.74) is 0. The van der Waals surface area contributed by atoms with Crippen LogP contribution in [-0.4, -0.2) is 62.9 Å². The zero-order chi connectivity index (χ0) is 13.2. The largest absolute Gasteiger partial charge is 0.466 e. The number of nitrogens with one attached hydrogen (secondary N) is 1. The summed E-state index contributed by atoms with van der Waals surface area (Å²) in [6.45, 7) is 10.1. The van der Waals surface area contributed by atoms with Crippen LogP contribution in [0.2, 0.25) is 0 Å². The van der Waals surface area contributed by atoms with E-state index in [1.165, 1.54) is 0 Å². The quantitative estimate of drug-likeness (QED) is 0.511. The molecule has 18 heavy (non-hydrogen) atoms. The molecule has 0 radical (unpaired) electrons. The van der Waals surface area contributed by atoms with E-state index in [1.54, 1.807) is 0 Å². The summed E-state index contributed by atoms with van der Waals surface area (Å²) in [6.07, 6.45) is 1.59. The predicted molar refractivity (Wildman–Crippen MR) is 70.6 cm³/mol. The molecule has 1 aliphatic rings. The summed E-state index contributed by atoms with van der Waals surface area (Å²) in [5.74, 6) is -0.106. The van der Waals surface area contributed by atoms with E-state index in [9.17, 15) is 4.79 Å². The lowest BCUT2D eigenvalue weighted by Gasteiger charge is -2.32. The van der Waals surface area contributed by atoms with Gasteiger partial charge in [0.05, 0.1) is 19.3 Å². The van der Waals surface area contributed by atoms with E-state index in [0.29, 0.717) is 13.0 Å². The van der Waals surface area contributed by atoms with E-state index in [0.717, 1.165) is 45.8 Å². The summed E-state index contributed by atoms with van der Waals surface area (Å²) in [6, 6.07) is 0. The molecule has 1 saturated heterocycles. The molecule has 1 rings (SSSR count). The standard InChI is InChI=1S/C13H26N2O3/c1-3-15-8-9-18-12(11-15)10-14-7-5-6-13(16)17-4-2/h12,14H,3-11H2,1-2H3. The summed E-state index contributed by atoms with van der Waals surface area (Å²) < 4.78 is 10.5. The van der Waals surface area contributed by atoms with Gasteiger partial charge >= 0.3 is 5.97 Å². The molecule has 0 aromatic rings. The Morgan fingerprint density at radius 2 is 2.33 bits per heavy atom. The number of likely N-dealkylation sites (N-methyl/N-ethyl adjacent to an activating group) is 1. The summed E-state index contributed by atoms with van der Waals surface area (Å²) in [4.78, 5) is 13.5. The first-order valence-corrected chi connectivity index (χ1v) is 6.96. The number of carbonyl (C=O) groups is 1. The van der Waals surface area contributed by atoms with Crippen molar-refractivity contribution in [3.63, 3.8) is 0 Å². The normalized spacial score (nSPS) is 20.9. The zero-order valence-corrected chi connectivity index (χ0v) is 11.6. The van der Waals surface area contributed by atoms with E-state index in [4.69, 9.17) is 9.47 Å². The van der Waals surface area contributed by atoms with Crippen LogP contribution in [0, 0.1) is 0 Å². The Kier molecular flexibility index (Phi) is 7.96. The number of carbonyl (C=O) groups excluding carboxylic acids is 1. The summed E-state index contributed by atoms with van der Waals surface area (Å²) in [7, 11) is 0. The minimum Gasteiger partial charge on any atom is -0.466 e. The van der Waals surface area contributed by atoms with Gasteiger partial charge in [-0.1, -0.05) is 6.92 Å². The fourth-order valence-electron chi connectivity index (χ4n) is 2.05. The lowest BCUT2D eigenvalue weighted by molar-refractivity contribution is -0.143. The average Bonchev–Trinajstić information content (AvgIpc) is 2.39. The summed E-state index contributed by atoms with van der Waals surface area (Å²) in [5, 5.41) is 3.34. The molecule has 1 N–H and O–H groups in total. The second kappa shape index (κ2) is 9.30. The molecule has 0 amide bonds. The van der Waals surface area contributed by atoms with Crippen molar-refractivity contribution in [2.45, 2.75) is 32.8 Å². The van der Waals surface area contributed by atoms with Gasteiger partial charge in [0.1, 0.15) is 0 Å². The monoisotopic (exact) mass is 258 g/mol.